The number of aliphatic hydroxyl groups excluding tert-OH is 2. The smallest absolute Gasteiger partial charge is 0.224 e. The van der Waals surface area contributed by atoms with Gasteiger partial charge in [0.25, 0.3) is 0 Å². The van der Waals surface area contributed by atoms with Crippen molar-refractivity contribution >= 4 is 33.3 Å². The molecule has 1 aliphatic rings. The molecule has 1 fully saturated rings. The van der Waals surface area contributed by atoms with Gasteiger partial charge in [0.15, 0.2) is 0 Å². The Labute approximate surface area is 179 Å². The third-order valence-corrected chi connectivity index (χ3v) is 6.23. The number of pyridine rings is 1. The number of rotatable bonds is 5. The van der Waals surface area contributed by atoms with E-state index < -0.39 is 12.2 Å². The zero-order valence-corrected chi connectivity index (χ0v) is 18.5. The molecule has 9 heteroatoms. The fraction of sp³-hybridized carbons (Fsp3) is 0.524. The number of fused-ring (bicyclic) bond motifs is 1. The first-order valence-electron chi connectivity index (χ1n) is 10.2. The fourth-order valence-electron chi connectivity index (χ4n) is 3.54. The predicted molar refractivity (Wildman–Crippen MR) is 120 cm³/mol. The number of aromatic nitrogens is 4. The molecule has 3 atom stereocenters. The van der Waals surface area contributed by atoms with Crippen LogP contribution in [-0.2, 0) is 0 Å². The lowest BCUT2D eigenvalue weighted by atomic mass is 9.97. The van der Waals surface area contributed by atoms with Crippen LogP contribution in [0.25, 0.3) is 20.8 Å². The van der Waals surface area contributed by atoms with E-state index >= 15 is 0 Å². The van der Waals surface area contributed by atoms with Gasteiger partial charge in [0.05, 0.1) is 40.4 Å². The second kappa shape index (κ2) is 8.05. The molecule has 8 nitrogen and oxygen atoms in total. The van der Waals surface area contributed by atoms with Crippen LogP contribution in [0.15, 0.2) is 18.5 Å². The lowest BCUT2D eigenvalue weighted by Crippen LogP contribution is -2.34. The SMILES string of the molecule is Cc1nc(NCC(C)(C)C)nc(N[C@@H]2CC[C@@H](O)[C@H]2O)c1-c1nc2cnccc2s1. The van der Waals surface area contributed by atoms with Gasteiger partial charge in [-0.15, -0.1) is 11.3 Å². The number of thiazole rings is 1. The van der Waals surface area contributed by atoms with E-state index in [1.54, 1.807) is 23.7 Å². The summed E-state index contributed by atoms with van der Waals surface area (Å²) in [6.07, 6.45) is 3.16. The van der Waals surface area contributed by atoms with Gasteiger partial charge in [-0.25, -0.2) is 9.97 Å². The molecule has 0 amide bonds. The van der Waals surface area contributed by atoms with E-state index in [0.29, 0.717) is 24.6 Å². The highest BCUT2D eigenvalue weighted by atomic mass is 32.1. The first-order valence-corrected chi connectivity index (χ1v) is 11.0. The van der Waals surface area contributed by atoms with E-state index in [-0.39, 0.29) is 11.5 Å². The maximum atomic E-state index is 10.4. The van der Waals surface area contributed by atoms with Gasteiger partial charge < -0.3 is 20.8 Å². The molecule has 160 valence electrons. The van der Waals surface area contributed by atoms with E-state index in [9.17, 15) is 10.2 Å². The zero-order valence-electron chi connectivity index (χ0n) is 17.7. The third-order valence-electron chi connectivity index (χ3n) is 5.17. The molecule has 3 aromatic rings. The van der Waals surface area contributed by atoms with Crippen molar-refractivity contribution in [1.29, 1.82) is 0 Å². The maximum absolute atomic E-state index is 10.4. The van der Waals surface area contributed by atoms with Crippen molar-refractivity contribution in [2.45, 2.75) is 58.8 Å². The standard InChI is InChI=1S/C21H28N6O2S/c1-11-16(19-26-13-9-22-8-7-15(13)30-19)18(25-12-5-6-14(28)17(12)29)27-20(24-11)23-10-21(2,3)4/h7-9,12,14,17,28-29H,5-6,10H2,1-4H3,(H2,23,24,25,27)/t12-,14-,17+/m1/s1. The summed E-state index contributed by atoms with van der Waals surface area (Å²) in [7, 11) is 0. The van der Waals surface area contributed by atoms with Crippen LogP contribution in [0.1, 0.15) is 39.3 Å². The number of anilines is 2. The zero-order chi connectivity index (χ0) is 21.5. The summed E-state index contributed by atoms with van der Waals surface area (Å²) in [6, 6.07) is 1.66. The van der Waals surface area contributed by atoms with Crippen molar-refractivity contribution in [3.8, 4) is 10.6 Å². The van der Waals surface area contributed by atoms with E-state index in [1.807, 2.05) is 13.0 Å². The normalized spacial score (nSPS) is 21.9. The lowest BCUT2D eigenvalue weighted by Gasteiger charge is -2.22. The highest BCUT2D eigenvalue weighted by Gasteiger charge is 2.34. The Kier molecular flexibility index (Phi) is 5.61. The highest BCUT2D eigenvalue weighted by molar-refractivity contribution is 7.21. The van der Waals surface area contributed by atoms with Crippen molar-refractivity contribution < 1.29 is 10.2 Å². The lowest BCUT2D eigenvalue weighted by molar-refractivity contribution is 0.0391. The number of hydrogen-bond acceptors (Lipinski definition) is 9. The van der Waals surface area contributed by atoms with Gasteiger partial charge in [-0.3, -0.25) is 4.98 Å². The van der Waals surface area contributed by atoms with E-state index in [4.69, 9.17) is 9.97 Å². The first kappa shape index (κ1) is 20.9. The third kappa shape index (κ3) is 4.38. The molecule has 3 aromatic heterocycles. The summed E-state index contributed by atoms with van der Waals surface area (Å²) >= 11 is 1.56. The largest absolute Gasteiger partial charge is 0.390 e. The molecule has 0 aromatic carbocycles. The summed E-state index contributed by atoms with van der Waals surface area (Å²) in [5, 5.41) is 27.8. The average molecular weight is 429 g/mol. The molecule has 4 rings (SSSR count). The molecule has 0 aliphatic heterocycles. The van der Waals surface area contributed by atoms with Crippen LogP contribution in [0, 0.1) is 12.3 Å². The molecular weight excluding hydrogens is 400 g/mol. The number of nitrogens with one attached hydrogen (secondary N) is 2. The fourth-order valence-corrected chi connectivity index (χ4v) is 4.57. The van der Waals surface area contributed by atoms with Gasteiger partial charge in [0.1, 0.15) is 16.3 Å². The van der Waals surface area contributed by atoms with Crippen molar-refractivity contribution in [2.75, 3.05) is 17.2 Å². The minimum Gasteiger partial charge on any atom is -0.390 e. The summed E-state index contributed by atoms with van der Waals surface area (Å²) in [5.74, 6) is 1.15. The van der Waals surface area contributed by atoms with Crippen molar-refractivity contribution in [2.24, 2.45) is 5.41 Å². The van der Waals surface area contributed by atoms with Crippen LogP contribution in [0.3, 0.4) is 0 Å². The molecule has 30 heavy (non-hydrogen) atoms. The predicted octanol–water partition coefficient (Wildman–Crippen LogP) is 3.21. The van der Waals surface area contributed by atoms with Gasteiger partial charge >= 0.3 is 0 Å². The van der Waals surface area contributed by atoms with E-state index in [2.05, 4.69) is 41.4 Å². The summed E-state index contributed by atoms with van der Waals surface area (Å²) in [5.41, 5.74) is 2.51. The summed E-state index contributed by atoms with van der Waals surface area (Å²) in [6.45, 7) is 9.10. The summed E-state index contributed by atoms with van der Waals surface area (Å²) < 4.78 is 1.04. The van der Waals surface area contributed by atoms with Crippen LogP contribution >= 0.6 is 11.3 Å². The Hall–Kier alpha value is -2.36. The van der Waals surface area contributed by atoms with Crippen LogP contribution in [0.4, 0.5) is 11.8 Å². The Balaban J connectivity index is 1.75. The van der Waals surface area contributed by atoms with Crippen molar-refractivity contribution in [1.82, 2.24) is 19.9 Å². The van der Waals surface area contributed by atoms with Gasteiger partial charge in [-0.2, -0.15) is 4.98 Å². The minimum atomic E-state index is -0.835. The molecule has 0 unspecified atom stereocenters. The number of nitrogens with zero attached hydrogens (tertiary/aromatic N) is 4. The molecule has 1 saturated carbocycles. The molecular formula is C21H28N6O2S. The van der Waals surface area contributed by atoms with Crippen LogP contribution < -0.4 is 10.6 Å². The monoisotopic (exact) mass is 428 g/mol. The molecule has 0 bridgehead atoms. The molecule has 0 saturated heterocycles. The molecule has 0 spiro atoms. The minimum absolute atomic E-state index is 0.0787. The average Bonchev–Trinajstić information content (AvgIpc) is 3.24. The second-order valence-electron chi connectivity index (χ2n) is 9.02. The Morgan fingerprint density at radius 1 is 1.17 bits per heavy atom. The Morgan fingerprint density at radius 2 is 1.97 bits per heavy atom. The number of hydrogen-bond donors (Lipinski definition) is 4. The Morgan fingerprint density at radius 3 is 2.63 bits per heavy atom. The first-order chi connectivity index (χ1) is 14.2. The van der Waals surface area contributed by atoms with Crippen LogP contribution in [0.5, 0.6) is 0 Å². The second-order valence-corrected chi connectivity index (χ2v) is 10.0. The molecule has 0 radical (unpaired) electrons. The summed E-state index contributed by atoms with van der Waals surface area (Å²) in [4.78, 5) is 18.3. The van der Waals surface area contributed by atoms with Gasteiger partial charge in [-0.05, 0) is 31.2 Å². The van der Waals surface area contributed by atoms with Crippen molar-refractivity contribution in [3.63, 3.8) is 0 Å². The number of aryl methyl sites for hydroxylation is 1. The van der Waals surface area contributed by atoms with Gasteiger partial charge in [0, 0.05) is 12.7 Å². The topological polar surface area (TPSA) is 116 Å². The maximum Gasteiger partial charge on any atom is 0.224 e. The molecule has 4 N–H and O–H groups in total. The Bertz CT molecular complexity index is 1010. The van der Waals surface area contributed by atoms with Crippen LogP contribution in [0.2, 0.25) is 0 Å². The highest BCUT2D eigenvalue weighted by Crippen LogP contribution is 2.37. The van der Waals surface area contributed by atoms with E-state index in [1.165, 1.54) is 0 Å². The van der Waals surface area contributed by atoms with Gasteiger partial charge in [-0.1, -0.05) is 20.8 Å². The van der Waals surface area contributed by atoms with Gasteiger partial charge in [0.2, 0.25) is 5.95 Å². The van der Waals surface area contributed by atoms with Crippen LogP contribution in [-0.4, -0.2) is 54.9 Å². The quantitative estimate of drug-likeness (QED) is 0.490. The molecule has 3 heterocycles. The number of aliphatic hydroxyl groups is 2. The van der Waals surface area contributed by atoms with E-state index in [0.717, 1.165) is 33.0 Å². The molecule has 1 aliphatic carbocycles. The van der Waals surface area contributed by atoms with Crippen molar-refractivity contribution in [3.05, 3.63) is 24.2 Å².